The van der Waals surface area contributed by atoms with Crippen LogP contribution in [0.2, 0.25) is 0 Å². The number of nitrogens with zero attached hydrogens (tertiary/aromatic N) is 2. The van der Waals surface area contributed by atoms with E-state index in [0.29, 0.717) is 55.3 Å². The van der Waals surface area contributed by atoms with Crippen molar-refractivity contribution in [3.63, 3.8) is 0 Å². The fourth-order valence-corrected chi connectivity index (χ4v) is 2.90. The number of furan rings is 1. The van der Waals surface area contributed by atoms with E-state index in [1.54, 1.807) is 30.9 Å². The lowest BCUT2D eigenvalue weighted by molar-refractivity contribution is 0.0859. The lowest BCUT2D eigenvalue weighted by Gasteiger charge is -2.31. The second kappa shape index (κ2) is 7.42. The summed E-state index contributed by atoms with van der Waals surface area (Å²) in [4.78, 5) is 26.0. The first-order valence-corrected chi connectivity index (χ1v) is 8.32. The molecule has 1 fully saturated rings. The number of likely N-dealkylation sites (tertiary alicyclic amines) is 1. The van der Waals surface area contributed by atoms with E-state index >= 15 is 0 Å². The molecule has 1 N–H and O–H groups in total. The first kappa shape index (κ1) is 17.1. The molecule has 0 aliphatic carbocycles. The number of aryl methyl sites for hydroxylation is 1. The van der Waals surface area contributed by atoms with Crippen molar-refractivity contribution in [2.75, 3.05) is 19.7 Å². The Morgan fingerprint density at radius 1 is 1.40 bits per heavy atom. The fourth-order valence-electron chi connectivity index (χ4n) is 2.90. The normalized spacial score (nSPS) is 15.2. The SMILES string of the molecule is CCOC(=O)N1CCC(NC(=O)c2c(-c3ccco3)noc2C)CC1. The van der Waals surface area contributed by atoms with Crippen LogP contribution in [0.4, 0.5) is 4.79 Å². The molecule has 0 spiro atoms. The third-order valence-corrected chi connectivity index (χ3v) is 4.20. The highest BCUT2D eigenvalue weighted by atomic mass is 16.6. The van der Waals surface area contributed by atoms with Gasteiger partial charge in [0.2, 0.25) is 0 Å². The zero-order valence-electron chi connectivity index (χ0n) is 14.3. The van der Waals surface area contributed by atoms with Crippen LogP contribution >= 0.6 is 0 Å². The third-order valence-electron chi connectivity index (χ3n) is 4.20. The van der Waals surface area contributed by atoms with Gasteiger partial charge >= 0.3 is 6.09 Å². The Labute approximate surface area is 145 Å². The molecule has 8 nitrogen and oxygen atoms in total. The summed E-state index contributed by atoms with van der Waals surface area (Å²) in [5, 5.41) is 6.93. The molecule has 0 saturated carbocycles. The van der Waals surface area contributed by atoms with E-state index in [1.807, 2.05) is 0 Å². The standard InChI is InChI=1S/C17H21N3O5/c1-3-23-17(22)20-8-6-12(7-9-20)18-16(21)14-11(2)25-19-15(14)13-5-4-10-24-13/h4-5,10,12H,3,6-9H2,1-2H3,(H,18,21). The molecular weight excluding hydrogens is 326 g/mol. The van der Waals surface area contributed by atoms with E-state index < -0.39 is 0 Å². The minimum absolute atomic E-state index is 0.0167. The van der Waals surface area contributed by atoms with E-state index in [2.05, 4.69) is 10.5 Å². The largest absolute Gasteiger partial charge is 0.463 e. The van der Waals surface area contributed by atoms with Crippen molar-refractivity contribution in [3.8, 4) is 11.5 Å². The number of carbonyl (C=O) groups excluding carboxylic acids is 2. The highest BCUT2D eigenvalue weighted by molar-refractivity contribution is 6.00. The highest BCUT2D eigenvalue weighted by Gasteiger charge is 2.28. The third kappa shape index (κ3) is 3.67. The highest BCUT2D eigenvalue weighted by Crippen LogP contribution is 2.26. The van der Waals surface area contributed by atoms with Crippen LogP contribution < -0.4 is 5.32 Å². The predicted octanol–water partition coefficient (Wildman–Crippen LogP) is 2.59. The molecule has 3 heterocycles. The molecule has 2 aromatic heterocycles. The van der Waals surface area contributed by atoms with Crippen LogP contribution in [0, 0.1) is 6.92 Å². The van der Waals surface area contributed by atoms with Gasteiger partial charge in [-0.1, -0.05) is 5.16 Å². The molecule has 0 bridgehead atoms. The van der Waals surface area contributed by atoms with Crippen molar-refractivity contribution < 1.29 is 23.3 Å². The molecule has 0 unspecified atom stereocenters. The van der Waals surface area contributed by atoms with Crippen molar-refractivity contribution in [2.24, 2.45) is 0 Å². The topological polar surface area (TPSA) is 97.8 Å². The first-order valence-electron chi connectivity index (χ1n) is 8.32. The molecular formula is C17H21N3O5. The summed E-state index contributed by atoms with van der Waals surface area (Å²) in [6.07, 6.45) is 2.56. The summed E-state index contributed by atoms with van der Waals surface area (Å²) in [5.41, 5.74) is 0.770. The Bertz CT molecular complexity index is 730. The number of aromatic nitrogens is 1. The van der Waals surface area contributed by atoms with Gasteiger partial charge in [0.1, 0.15) is 11.3 Å². The smallest absolute Gasteiger partial charge is 0.409 e. The maximum atomic E-state index is 12.7. The summed E-state index contributed by atoms with van der Waals surface area (Å²) in [5.74, 6) is 0.673. The van der Waals surface area contributed by atoms with E-state index in [-0.39, 0.29) is 18.0 Å². The number of rotatable bonds is 4. The van der Waals surface area contributed by atoms with Crippen LogP contribution in [-0.2, 0) is 4.74 Å². The Morgan fingerprint density at radius 3 is 2.80 bits per heavy atom. The van der Waals surface area contributed by atoms with Crippen LogP contribution in [0.3, 0.4) is 0 Å². The molecule has 2 aromatic rings. The summed E-state index contributed by atoms with van der Waals surface area (Å²) in [6.45, 7) is 4.94. The minimum atomic E-state index is -0.303. The summed E-state index contributed by atoms with van der Waals surface area (Å²) >= 11 is 0. The average Bonchev–Trinajstić information content (AvgIpc) is 3.25. The predicted molar refractivity (Wildman–Crippen MR) is 88.0 cm³/mol. The van der Waals surface area contributed by atoms with Gasteiger partial charge in [0.05, 0.1) is 12.9 Å². The number of carbonyl (C=O) groups is 2. The Balaban J connectivity index is 1.63. The summed E-state index contributed by atoms with van der Waals surface area (Å²) in [7, 11) is 0. The van der Waals surface area contributed by atoms with E-state index in [0.717, 1.165) is 0 Å². The van der Waals surface area contributed by atoms with Crippen LogP contribution in [-0.4, -0.2) is 47.8 Å². The molecule has 25 heavy (non-hydrogen) atoms. The molecule has 3 rings (SSSR count). The molecule has 0 atom stereocenters. The lowest BCUT2D eigenvalue weighted by atomic mass is 10.0. The number of piperidine rings is 1. The van der Waals surface area contributed by atoms with Gasteiger partial charge in [0.15, 0.2) is 11.5 Å². The maximum Gasteiger partial charge on any atom is 0.409 e. The maximum absolute atomic E-state index is 12.7. The van der Waals surface area contributed by atoms with Crippen molar-refractivity contribution >= 4 is 12.0 Å². The van der Waals surface area contributed by atoms with Crippen molar-refractivity contribution in [3.05, 3.63) is 29.7 Å². The molecule has 134 valence electrons. The number of amides is 2. The number of ether oxygens (including phenoxy) is 1. The molecule has 1 aliphatic heterocycles. The van der Waals surface area contributed by atoms with Crippen molar-refractivity contribution in [1.82, 2.24) is 15.4 Å². The zero-order chi connectivity index (χ0) is 17.8. The Hall–Kier alpha value is -2.77. The molecule has 8 heteroatoms. The second-order valence-corrected chi connectivity index (χ2v) is 5.87. The van der Waals surface area contributed by atoms with Gasteiger partial charge in [-0.2, -0.15) is 0 Å². The van der Waals surface area contributed by atoms with Crippen LogP contribution in [0.1, 0.15) is 35.9 Å². The van der Waals surface area contributed by atoms with E-state index in [1.165, 1.54) is 6.26 Å². The van der Waals surface area contributed by atoms with Crippen LogP contribution in [0.5, 0.6) is 0 Å². The van der Waals surface area contributed by atoms with Crippen molar-refractivity contribution in [1.29, 1.82) is 0 Å². The van der Waals surface area contributed by atoms with Gasteiger partial charge in [0.25, 0.3) is 5.91 Å². The minimum Gasteiger partial charge on any atom is -0.463 e. The molecule has 1 saturated heterocycles. The number of hydrogen-bond donors (Lipinski definition) is 1. The second-order valence-electron chi connectivity index (χ2n) is 5.87. The molecule has 2 amide bonds. The van der Waals surface area contributed by atoms with Gasteiger partial charge in [-0.3, -0.25) is 4.79 Å². The monoisotopic (exact) mass is 347 g/mol. The van der Waals surface area contributed by atoms with Gasteiger partial charge in [-0.05, 0) is 38.8 Å². The first-order chi connectivity index (χ1) is 12.1. The molecule has 1 aliphatic rings. The van der Waals surface area contributed by atoms with E-state index in [4.69, 9.17) is 13.7 Å². The Kier molecular flexibility index (Phi) is 5.06. The molecule has 0 aromatic carbocycles. The quantitative estimate of drug-likeness (QED) is 0.913. The fraction of sp³-hybridized carbons (Fsp3) is 0.471. The lowest BCUT2D eigenvalue weighted by Crippen LogP contribution is -2.46. The van der Waals surface area contributed by atoms with Crippen LogP contribution in [0.25, 0.3) is 11.5 Å². The van der Waals surface area contributed by atoms with Crippen LogP contribution in [0.15, 0.2) is 27.3 Å². The van der Waals surface area contributed by atoms with Crippen molar-refractivity contribution in [2.45, 2.75) is 32.7 Å². The summed E-state index contributed by atoms with van der Waals surface area (Å²) in [6, 6.07) is 3.44. The van der Waals surface area contributed by atoms with Gasteiger partial charge in [-0.25, -0.2) is 4.79 Å². The average molecular weight is 347 g/mol. The number of hydrogen-bond acceptors (Lipinski definition) is 6. The van der Waals surface area contributed by atoms with E-state index in [9.17, 15) is 9.59 Å². The van der Waals surface area contributed by atoms with Gasteiger partial charge < -0.3 is 23.9 Å². The Morgan fingerprint density at radius 2 is 2.16 bits per heavy atom. The molecule has 0 radical (unpaired) electrons. The zero-order valence-corrected chi connectivity index (χ0v) is 14.3. The summed E-state index contributed by atoms with van der Waals surface area (Å²) < 4.78 is 15.5. The van der Waals surface area contributed by atoms with Gasteiger partial charge in [0, 0.05) is 19.1 Å². The number of nitrogens with one attached hydrogen (secondary N) is 1. The van der Waals surface area contributed by atoms with Gasteiger partial charge in [-0.15, -0.1) is 0 Å².